The third kappa shape index (κ3) is 5.32. The predicted molar refractivity (Wildman–Crippen MR) is 190 cm³/mol. The minimum atomic E-state index is -0.555. The molecule has 2 nitrogen and oxygen atoms in total. The molecule has 0 aliphatic heterocycles. The lowest BCUT2D eigenvalue weighted by Crippen LogP contribution is -2.28. The number of hydrogen-bond donors (Lipinski definition) is 2. The van der Waals surface area contributed by atoms with Gasteiger partial charge >= 0.3 is 0 Å². The third-order valence-electron chi connectivity index (χ3n) is 8.64. The van der Waals surface area contributed by atoms with Gasteiger partial charge in [-0.2, -0.15) is 0 Å². The van der Waals surface area contributed by atoms with Crippen LogP contribution in [0.4, 0.5) is 0 Å². The highest BCUT2D eigenvalue weighted by Gasteiger charge is 2.46. The summed E-state index contributed by atoms with van der Waals surface area (Å²) in [5, 5.41) is 19.4. The van der Waals surface area contributed by atoms with Crippen molar-refractivity contribution >= 4 is 23.5 Å². The fraction of sp³-hybridized carbons (Fsp3) is 0.122. The van der Waals surface area contributed by atoms with Crippen molar-refractivity contribution in [3.8, 4) is 33.4 Å². The Balaban J connectivity index is 1.55. The summed E-state index contributed by atoms with van der Waals surface area (Å²) in [5.41, 5.74) is 11.6. The van der Waals surface area contributed by atoms with Gasteiger partial charge in [-0.05, 0) is 79.9 Å². The van der Waals surface area contributed by atoms with Crippen molar-refractivity contribution in [1.82, 2.24) is 0 Å². The molecule has 0 amide bonds. The van der Waals surface area contributed by atoms with E-state index in [0.717, 1.165) is 20.9 Å². The molecular weight excluding hydrogens is 589 g/mol. The van der Waals surface area contributed by atoms with Crippen molar-refractivity contribution in [1.29, 1.82) is 0 Å². The van der Waals surface area contributed by atoms with Gasteiger partial charge in [0.25, 0.3) is 0 Å². The van der Waals surface area contributed by atoms with E-state index in [-0.39, 0.29) is 13.2 Å². The Morgan fingerprint density at radius 1 is 0.422 bits per heavy atom. The number of fused-ring (bicyclic) bond motifs is 3. The maximum atomic E-state index is 9.68. The van der Waals surface area contributed by atoms with E-state index in [0.29, 0.717) is 11.5 Å². The van der Waals surface area contributed by atoms with Crippen molar-refractivity contribution in [3.63, 3.8) is 0 Å². The smallest absolute Gasteiger partial charge is 0.0714 e. The maximum Gasteiger partial charge on any atom is 0.0714 e. The van der Waals surface area contributed by atoms with Crippen molar-refractivity contribution in [2.24, 2.45) is 0 Å². The molecule has 6 aromatic rings. The zero-order chi connectivity index (χ0) is 30.6. The average molecular weight is 623 g/mol. The first kappa shape index (κ1) is 29.6. The summed E-state index contributed by atoms with van der Waals surface area (Å²) in [5.74, 6) is 1.28. The Morgan fingerprint density at radius 3 is 1.24 bits per heavy atom. The summed E-state index contributed by atoms with van der Waals surface area (Å²) < 4.78 is 0. The molecule has 0 saturated heterocycles. The highest BCUT2D eigenvalue weighted by atomic mass is 32.2. The molecule has 0 unspecified atom stereocenters. The van der Waals surface area contributed by atoms with Gasteiger partial charge in [0.2, 0.25) is 0 Å². The fourth-order valence-corrected chi connectivity index (χ4v) is 8.42. The van der Waals surface area contributed by atoms with E-state index in [4.69, 9.17) is 0 Å². The lowest BCUT2D eigenvalue weighted by molar-refractivity contribution is 0.322. The van der Waals surface area contributed by atoms with Gasteiger partial charge in [0, 0.05) is 21.3 Å². The monoisotopic (exact) mass is 622 g/mol. The Bertz CT molecular complexity index is 1790. The third-order valence-corrected chi connectivity index (χ3v) is 10.8. The number of hydrogen-bond acceptors (Lipinski definition) is 4. The molecule has 222 valence electrons. The van der Waals surface area contributed by atoms with Gasteiger partial charge in [0.1, 0.15) is 0 Å². The topological polar surface area (TPSA) is 40.5 Å². The van der Waals surface area contributed by atoms with E-state index in [1.54, 1.807) is 23.5 Å². The van der Waals surface area contributed by atoms with Crippen LogP contribution in [0.2, 0.25) is 0 Å². The molecule has 45 heavy (non-hydrogen) atoms. The van der Waals surface area contributed by atoms with Crippen LogP contribution >= 0.6 is 23.5 Å². The van der Waals surface area contributed by atoms with Crippen LogP contribution in [-0.4, -0.2) is 34.9 Å². The van der Waals surface area contributed by atoms with Gasteiger partial charge in [0.15, 0.2) is 0 Å². The first-order valence-electron chi connectivity index (χ1n) is 15.3. The van der Waals surface area contributed by atoms with Gasteiger partial charge in [-0.1, -0.05) is 121 Å². The highest BCUT2D eigenvalue weighted by Crippen LogP contribution is 2.57. The van der Waals surface area contributed by atoms with Crippen LogP contribution in [0.15, 0.2) is 155 Å². The number of rotatable bonds is 10. The molecule has 6 aromatic carbocycles. The van der Waals surface area contributed by atoms with E-state index >= 15 is 0 Å². The van der Waals surface area contributed by atoms with E-state index in [1.165, 1.54) is 44.5 Å². The van der Waals surface area contributed by atoms with Crippen molar-refractivity contribution in [3.05, 3.63) is 168 Å². The Morgan fingerprint density at radius 2 is 0.822 bits per heavy atom. The van der Waals surface area contributed by atoms with Gasteiger partial charge in [0.05, 0.1) is 18.6 Å². The Kier molecular flexibility index (Phi) is 8.64. The van der Waals surface area contributed by atoms with Crippen LogP contribution in [0.1, 0.15) is 22.3 Å². The van der Waals surface area contributed by atoms with Crippen molar-refractivity contribution in [2.75, 3.05) is 24.7 Å². The zero-order valence-corrected chi connectivity index (χ0v) is 26.5. The second-order valence-electron chi connectivity index (χ2n) is 11.1. The van der Waals surface area contributed by atoms with Crippen LogP contribution in [0.25, 0.3) is 33.4 Å². The molecule has 4 heteroatoms. The van der Waals surface area contributed by atoms with E-state index in [1.807, 2.05) is 0 Å². The second kappa shape index (κ2) is 13.1. The van der Waals surface area contributed by atoms with E-state index in [2.05, 4.69) is 146 Å². The number of aliphatic hydroxyl groups is 2. The summed E-state index contributed by atoms with van der Waals surface area (Å²) in [6.07, 6.45) is 0. The molecule has 0 fully saturated rings. The molecule has 0 atom stereocenters. The van der Waals surface area contributed by atoms with Crippen molar-refractivity contribution in [2.45, 2.75) is 15.2 Å². The molecule has 0 heterocycles. The number of aliphatic hydroxyl groups excluding tert-OH is 2. The van der Waals surface area contributed by atoms with Crippen LogP contribution in [-0.2, 0) is 5.41 Å². The lowest BCUT2D eigenvalue weighted by Gasteiger charge is -2.35. The van der Waals surface area contributed by atoms with Crippen LogP contribution in [0, 0.1) is 0 Å². The van der Waals surface area contributed by atoms with Crippen LogP contribution in [0.5, 0.6) is 0 Å². The number of thioether (sulfide) groups is 2. The highest BCUT2D eigenvalue weighted by molar-refractivity contribution is 7.99. The van der Waals surface area contributed by atoms with Gasteiger partial charge in [-0.3, -0.25) is 0 Å². The standard InChI is InChI=1S/C41H34O2S2/c42-23-25-44-39-21-19-31(27-35(39)29-11-3-1-4-12-29)41(37-17-9-7-15-33(37)34-16-8-10-18-38(34)41)32-20-22-40(45-26-24-43)36(28-32)30-13-5-2-6-14-30/h1-22,27-28,42-43H,23-26H2. The largest absolute Gasteiger partial charge is 0.396 e. The molecule has 1 aliphatic rings. The molecule has 0 aromatic heterocycles. The quantitative estimate of drug-likeness (QED) is 0.149. The molecule has 0 radical (unpaired) electrons. The fourth-order valence-electron chi connectivity index (χ4n) is 6.80. The van der Waals surface area contributed by atoms with E-state index in [9.17, 15) is 10.2 Å². The summed E-state index contributed by atoms with van der Waals surface area (Å²) in [6.45, 7) is 0.266. The second-order valence-corrected chi connectivity index (χ2v) is 13.4. The SMILES string of the molecule is OCCSc1ccc(C2(c3ccc(SCCO)c(-c4ccccc4)c3)c3ccccc3-c3ccccc32)cc1-c1ccccc1. The minimum absolute atomic E-state index is 0.133. The first-order valence-corrected chi connectivity index (χ1v) is 17.3. The molecular formula is C41H34O2S2. The molecule has 0 bridgehead atoms. The average Bonchev–Trinajstić information content (AvgIpc) is 3.41. The minimum Gasteiger partial charge on any atom is -0.396 e. The maximum absolute atomic E-state index is 9.68. The van der Waals surface area contributed by atoms with Gasteiger partial charge < -0.3 is 10.2 Å². The van der Waals surface area contributed by atoms with Gasteiger partial charge in [-0.15, -0.1) is 23.5 Å². The van der Waals surface area contributed by atoms with Crippen LogP contribution < -0.4 is 0 Å². The van der Waals surface area contributed by atoms with Gasteiger partial charge in [-0.25, -0.2) is 0 Å². The number of benzene rings is 6. The van der Waals surface area contributed by atoms with E-state index < -0.39 is 5.41 Å². The summed E-state index contributed by atoms with van der Waals surface area (Å²) in [4.78, 5) is 2.32. The zero-order valence-electron chi connectivity index (χ0n) is 24.9. The summed E-state index contributed by atoms with van der Waals surface area (Å²) in [6, 6.07) is 52.7. The molecule has 7 rings (SSSR count). The predicted octanol–water partition coefficient (Wildman–Crippen LogP) is 9.55. The Hall–Kier alpha value is -4.06. The van der Waals surface area contributed by atoms with Crippen molar-refractivity contribution < 1.29 is 10.2 Å². The first-order chi connectivity index (χ1) is 22.3. The Labute approximate surface area is 273 Å². The summed E-state index contributed by atoms with van der Waals surface area (Å²) >= 11 is 3.39. The molecule has 0 spiro atoms. The normalized spacial score (nSPS) is 12.9. The molecule has 0 saturated carbocycles. The summed E-state index contributed by atoms with van der Waals surface area (Å²) in [7, 11) is 0. The van der Waals surface area contributed by atoms with Crippen LogP contribution in [0.3, 0.4) is 0 Å². The molecule has 1 aliphatic carbocycles. The molecule has 2 N–H and O–H groups in total. The lowest BCUT2D eigenvalue weighted by atomic mass is 9.67.